The van der Waals surface area contributed by atoms with Crippen molar-refractivity contribution in [1.82, 2.24) is 19.2 Å². The zero-order valence-corrected chi connectivity index (χ0v) is 11.5. The van der Waals surface area contributed by atoms with E-state index in [1.807, 2.05) is 12.3 Å². The van der Waals surface area contributed by atoms with Gasteiger partial charge in [0.2, 0.25) is 0 Å². The van der Waals surface area contributed by atoms with Crippen LogP contribution in [0, 0.1) is 0 Å². The highest BCUT2D eigenvalue weighted by molar-refractivity contribution is 7.03. The lowest BCUT2D eigenvalue weighted by Gasteiger charge is -2.32. The lowest BCUT2D eigenvalue weighted by molar-refractivity contribution is 0.211. The molecule has 0 atom stereocenters. The molecule has 1 N–H and O–H groups in total. The number of rotatable bonds is 4. The topological polar surface area (TPSA) is 53.9 Å². The zero-order chi connectivity index (χ0) is 12.9. The first kappa shape index (κ1) is 12.5. The minimum Gasteiger partial charge on any atom is -0.367 e. The fourth-order valence-corrected chi connectivity index (χ4v) is 2.91. The monoisotopic (exact) mass is 275 g/mol. The predicted molar refractivity (Wildman–Crippen MR) is 76.1 cm³/mol. The third kappa shape index (κ3) is 3.48. The number of nitrogens with one attached hydrogen (secondary N) is 1. The van der Waals surface area contributed by atoms with Crippen LogP contribution >= 0.6 is 11.5 Å². The SMILES string of the molecule is c1cc(NC2CCN(Cc3cnsc3)CC2)ncn1. The van der Waals surface area contributed by atoms with Gasteiger partial charge in [-0.05, 0) is 36.0 Å². The van der Waals surface area contributed by atoms with Gasteiger partial charge in [0.15, 0.2) is 0 Å². The second-order valence-corrected chi connectivity index (χ2v) is 5.48. The van der Waals surface area contributed by atoms with Gasteiger partial charge in [-0.3, -0.25) is 4.90 Å². The Morgan fingerprint density at radius 1 is 1.37 bits per heavy atom. The Balaban J connectivity index is 1.47. The molecule has 19 heavy (non-hydrogen) atoms. The summed E-state index contributed by atoms with van der Waals surface area (Å²) in [5.41, 5.74) is 1.33. The van der Waals surface area contributed by atoms with Gasteiger partial charge < -0.3 is 5.32 Å². The molecule has 0 bridgehead atoms. The Labute approximate surface area is 116 Å². The van der Waals surface area contributed by atoms with Crippen LogP contribution in [0.3, 0.4) is 0 Å². The van der Waals surface area contributed by atoms with Crippen molar-refractivity contribution >= 4 is 17.4 Å². The van der Waals surface area contributed by atoms with Crippen molar-refractivity contribution in [3.05, 3.63) is 35.7 Å². The van der Waals surface area contributed by atoms with Crippen molar-refractivity contribution < 1.29 is 0 Å². The minimum atomic E-state index is 0.520. The van der Waals surface area contributed by atoms with Crippen LogP contribution < -0.4 is 5.32 Å². The van der Waals surface area contributed by atoms with Crippen LogP contribution in [0.1, 0.15) is 18.4 Å². The maximum absolute atomic E-state index is 4.21. The number of aromatic nitrogens is 3. The molecule has 0 unspecified atom stereocenters. The standard InChI is InChI=1S/C13H17N5S/c1-4-14-10-15-13(1)17-12-2-5-18(6-3-12)8-11-7-16-19-9-11/h1,4,7,9-10,12H,2-3,5-6,8H2,(H,14,15,17). The summed E-state index contributed by atoms with van der Waals surface area (Å²) in [6, 6.07) is 2.44. The molecular formula is C13H17N5S. The molecule has 1 fully saturated rings. The van der Waals surface area contributed by atoms with E-state index in [0.29, 0.717) is 6.04 Å². The number of likely N-dealkylation sites (tertiary alicyclic amines) is 1. The molecule has 2 aromatic rings. The number of hydrogen-bond acceptors (Lipinski definition) is 6. The molecule has 0 aliphatic carbocycles. The van der Waals surface area contributed by atoms with E-state index in [9.17, 15) is 0 Å². The highest BCUT2D eigenvalue weighted by Gasteiger charge is 2.19. The molecule has 5 nitrogen and oxygen atoms in total. The molecule has 2 aromatic heterocycles. The lowest BCUT2D eigenvalue weighted by atomic mass is 10.0. The Morgan fingerprint density at radius 2 is 2.26 bits per heavy atom. The third-order valence-electron chi connectivity index (χ3n) is 3.41. The van der Waals surface area contributed by atoms with Gasteiger partial charge in [-0.2, -0.15) is 0 Å². The van der Waals surface area contributed by atoms with Gasteiger partial charge in [-0.15, -0.1) is 0 Å². The van der Waals surface area contributed by atoms with Crippen LogP contribution in [0.15, 0.2) is 30.2 Å². The smallest absolute Gasteiger partial charge is 0.129 e. The van der Waals surface area contributed by atoms with Crippen LogP contribution in [0.5, 0.6) is 0 Å². The average Bonchev–Trinajstić information content (AvgIpc) is 2.95. The van der Waals surface area contributed by atoms with Gasteiger partial charge in [0, 0.05) is 43.4 Å². The first-order valence-electron chi connectivity index (χ1n) is 6.53. The van der Waals surface area contributed by atoms with Crippen LogP contribution in [-0.4, -0.2) is 38.4 Å². The van der Waals surface area contributed by atoms with Gasteiger partial charge >= 0.3 is 0 Å². The highest BCUT2D eigenvalue weighted by Crippen LogP contribution is 2.17. The normalized spacial score (nSPS) is 17.5. The van der Waals surface area contributed by atoms with Crippen LogP contribution in [-0.2, 0) is 6.54 Å². The van der Waals surface area contributed by atoms with E-state index in [-0.39, 0.29) is 0 Å². The second-order valence-electron chi connectivity index (χ2n) is 4.82. The number of nitrogens with zero attached hydrogens (tertiary/aromatic N) is 4. The van der Waals surface area contributed by atoms with E-state index >= 15 is 0 Å². The molecule has 3 heterocycles. The largest absolute Gasteiger partial charge is 0.367 e. The molecule has 0 spiro atoms. The van der Waals surface area contributed by atoms with Gasteiger partial charge in [0.05, 0.1) is 0 Å². The van der Waals surface area contributed by atoms with Crippen molar-refractivity contribution in [2.75, 3.05) is 18.4 Å². The summed E-state index contributed by atoms with van der Waals surface area (Å²) in [4.78, 5) is 10.6. The summed E-state index contributed by atoms with van der Waals surface area (Å²) >= 11 is 1.53. The van der Waals surface area contributed by atoms with Crippen LogP contribution in [0.25, 0.3) is 0 Å². The van der Waals surface area contributed by atoms with Gasteiger partial charge in [0.25, 0.3) is 0 Å². The summed E-state index contributed by atoms with van der Waals surface area (Å²) in [6.07, 6.45) is 7.63. The van der Waals surface area contributed by atoms with Gasteiger partial charge in [0.1, 0.15) is 12.1 Å². The predicted octanol–water partition coefficient (Wildman–Crippen LogP) is 2.01. The number of anilines is 1. The van der Waals surface area contributed by atoms with E-state index in [0.717, 1.165) is 38.3 Å². The Morgan fingerprint density at radius 3 is 2.95 bits per heavy atom. The quantitative estimate of drug-likeness (QED) is 0.925. The summed E-state index contributed by atoms with van der Waals surface area (Å²) in [5, 5.41) is 5.60. The van der Waals surface area contributed by atoms with Gasteiger partial charge in [-0.1, -0.05) is 0 Å². The molecule has 100 valence electrons. The Hall–Kier alpha value is -1.53. The van der Waals surface area contributed by atoms with Crippen molar-refractivity contribution in [2.24, 2.45) is 0 Å². The fraction of sp³-hybridized carbons (Fsp3) is 0.462. The van der Waals surface area contributed by atoms with E-state index in [4.69, 9.17) is 0 Å². The first-order chi connectivity index (χ1) is 9.40. The molecule has 6 heteroatoms. The number of hydrogen-bond donors (Lipinski definition) is 1. The summed E-state index contributed by atoms with van der Waals surface area (Å²) < 4.78 is 4.15. The zero-order valence-electron chi connectivity index (χ0n) is 10.7. The lowest BCUT2D eigenvalue weighted by Crippen LogP contribution is -2.38. The first-order valence-corrected chi connectivity index (χ1v) is 7.37. The minimum absolute atomic E-state index is 0.520. The molecule has 3 rings (SSSR count). The van der Waals surface area contributed by atoms with Crippen LogP contribution in [0.2, 0.25) is 0 Å². The van der Waals surface area contributed by atoms with Gasteiger partial charge in [-0.25, -0.2) is 14.3 Å². The van der Waals surface area contributed by atoms with Crippen molar-refractivity contribution in [1.29, 1.82) is 0 Å². The molecule has 0 saturated carbocycles. The van der Waals surface area contributed by atoms with E-state index < -0.39 is 0 Å². The summed E-state index contributed by atoms with van der Waals surface area (Å²) in [5.74, 6) is 0.926. The highest BCUT2D eigenvalue weighted by atomic mass is 32.1. The molecule has 0 radical (unpaired) electrons. The molecular weight excluding hydrogens is 258 g/mol. The molecule has 0 aromatic carbocycles. The molecule has 0 amide bonds. The molecule has 1 aliphatic heterocycles. The molecule has 1 saturated heterocycles. The van der Waals surface area contributed by atoms with E-state index in [1.54, 1.807) is 12.5 Å². The van der Waals surface area contributed by atoms with Crippen molar-refractivity contribution in [3.8, 4) is 0 Å². The fourth-order valence-electron chi connectivity index (χ4n) is 2.38. The maximum atomic E-state index is 4.21. The van der Waals surface area contributed by atoms with Crippen molar-refractivity contribution in [2.45, 2.75) is 25.4 Å². The summed E-state index contributed by atoms with van der Waals surface area (Å²) in [6.45, 7) is 3.27. The molecule has 1 aliphatic rings. The average molecular weight is 275 g/mol. The second kappa shape index (κ2) is 6.08. The maximum Gasteiger partial charge on any atom is 0.129 e. The van der Waals surface area contributed by atoms with Crippen LogP contribution in [0.4, 0.5) is 5.82 Å². The van der Waals surface area contributed by atoms with Crippen molar-refractivity contribution in [3.63, 3.8) is 0 Å². The summed E-state index contributed by atoms with van der Waals surface area (Å²) in [7, 11) is 0. The van der Waals surface area contributed by atoms with E-state index in [1.165, 1.54) is 17.1 Å². The Bertz CT molecular complexity index is 479. The Kier molecular flexibility index (Phi) is 4.00. The van der Waals surface area contributed by atoms with E-state index in [2.05, 4.69) is 29.9 Å². The third-order valence-corrected chi connectivity index (χ3v) is 4.05. The number of piperidine rings is 1.